The van der Waals surface area contributed by atoms with E-state index in [0.29, 0.717) is 11.4 Å². The summed E-state index contributed by atoms with van der Waals surface area (Å²) in [5.41, 5.74) is 5.50. The van der Waals surface area contributed by atoms with Crippen molar-refractivity contribution in [1.82, 2.24) is 15.6 Å². The molecule has 0 radical (unpaired) electrons. The molecule has 3 rings (SSSR count). The van der Waals surface area contributed by atoms with Gasteiger partial charge in [0, 0.05) is 11.8 Å². The standard InChI is InChI=1S/C27H32N4O2/c1-2-3-4-5-6-10-20-33-24-17-15-23(16-18-24)25-21-26(30-29-25)27(32)31-28-19-11-14-22-12-8-7-9-13-22/h7-9,11-19,21H,2-6,10,20H2,1H3,(H,29,30)(H,31,32)/b14-11+,28-19+. The van der Waals surface area contributed by atoms with E-state index >= 15 is 0 Å². The molecule has 2 aromatic carbocycles. The van der Waals surface area contributed by atoms with Crippen LogP contribution in [0, 0.1) is 0 Å². The Bertz CT molecular complexity index is 1020. The Balaban J connectivity index is 1.43. The van der Waals surface area contributed by atoms with E-state index in [-0.39, 0.29) is 5.91 Å². The number of carbonyl (C=O) groups excluding carboxylic acids is 1. The maximum atomic E-state index is 12.3. The third kappa shape index (κ3) is 8.41. The lowest BCUT2D eigenvalue weighted by Crippen LogP contribution is -2.17. The first kappa shape index (κ1) is 24.0. The third-order valence-electron chi connectivity index (χ3n) is 5.15. The molecule has 6 nitrogen and oxygen atoms in total. The van der Waals surface area contributed by atoms with Crippen molar-refractivity contribution in [2.45, 2.75) is 45.4 Å². The molecular weight excluding hydrogens is 412 g/mol. The maximum absolute atomic E-state index is 12.3. The average molecular weight is 445 g/mol. The Labute approximate surface area is 195 Å². The van der Waals surface area contributed by atoms with E-state index in [1.807, 2.05) is 60.7 Å². The van der Waals surface area contributed by atoms with E-state index in [1.54, 1.807) is 12.1 Å². The van der Waals surface area contributed by atoms with Crippen LogP contribution in [0.4, 0.5) is 0 Å². The molecule has 2 N–H and O–H groups in total. The molecule has 0 atom stereocenters. The van der Waals surface area contributed by atoms with Crippen LogP contribution < -0.4 is 10.2 Å². The van der Waals surface area contributed by atoms with Gasteiger partial charge in [0.2, 0.25) is 0 Å². The van der Waals surface area contributed by atoms with E-state index in [2.05, 4.69) is 27.6 Å². The molecule has 33 heavy (non-hydrogen) atoms. The monoisotopic (exact) mass is 444 g/mol. The number of rotatable bonds is 13. The van der Waals surface area contributed by atoms with Crippen LogP contribution in [-0.2, 0) is 0 Å². The Kier molecular flexibility index (Phi) is 9.94. The Morgan fingerprint density at radius 3 is 2.58 bits per heavy atom. The lowest BCUT2D eigenvalue weighted by molar-refractivity contribution is 0.0950. The summed E-state index contributed by atoms with van der Waals surface area (Å²) in [6.45, 7) is 2.96. The summed E-state index contributed by atoms with van der Waals surface area (Å²) in [7, 11) is 0. The highest BCUT2D eigenvalue weighted by molar-refractivity contribution is 5.94. The molecule has 0 aliphatic heterocycles. The van der Waals surface area contributed by atoms with Crippen molar-refractivity contribution in [3.63, 3.8) is 0 Å². The molecule has 0 saturated carbocycles. The van der Waals surface area contributed by atoms with E-state index < -0.39 is 0 Å². The molecule has 0 aliphatic carbocycles. The Morgan fingerprint density at radius 1 is 1.03 bits per heavy atom. The number of allylic oxidation sites excluding steroid dienone is 1. The molecule has 0 saturated heterocycles. The molecule has 1 amide bonds. The van der Waals surface area contributed by atoms with Gasteiger partial charge in [-0.2, -0.15) is 10.2 Å². The van der Waals surface area contributed by atoms with Crippen LogP contribution in [-0.4, -0.2) is 28.9 Å². The van der Waals surface area contributed by atoms with Gasteiger partial charge in [0.15, 0.2) is 0 Å². The maximum Gasteiger partial charge on any atom is 0.289 e. The quantitative estimate of drug-likeness (QED) is 0.186. The summed E-state index contributed by atoms with van der Waals surface area (Å²) in [4.78, 5) is 12.3. The number of nitrogens with one attached hydrogen (secondary N) is 2. The topological polar surface area (TPSA) is 79.4 Å². The van der Waals surface area contributed by atoms with Crippen LogP contribution in [0.15, 0.2) is 71.8 Å². The summed E-state index contributed by atoms with van der Waals surface area (Å²) in [6.07, 6.45) is 12.7. The van der Waals surface area contributed by atoms with Gasteiger partial charge in [-0.3, -0.25) is 9.89 Å². The zero-order chi connectivity index (χ0) is 23.1. The molecule has 0 fully saturated rings. The van der Waals surface area contributed by atoms with Crippen LogP contribution in [0.1, 0.15) is 61.5 Å². The predicted molar refractivity (Wildman–Crippen MR) is 134 cm³/mol. The van der Waals surface area contributed by atoms with Crippen LogP contribution in [0.2, 0.25) is 0 Å². The lowest BCUT2D eigenvalue weighted by Gasteiger charge is -2.06. The normalized spacial score (nSPS) is 11.3. The largest absolute Gasteiger partial charge is 0.494 e. The molecule has 0 bridgehead atoms. The number of carbonyl (C=O) groups is 1. The van der Waals surface area contributed by atoms with Gasteiger partial charge in [0.25, 0.3) is 5.91 Å². The van der Waals surface area contributed by atoms with Gasteiger partial charge < -0.3 is 4.74 Å². The number of aromatic nitrogens is 2. The van der Waals surface area contributed by atoms with Gasteiger partial charge >= 0.3 is 0 Å². The number of hydrazone groups is 1. The number of amides is 1. The highest BCUT2D eigenvalue weighted by atomic mass is 16.5. The Hall–Kier alpha value is -3.67. The second kappa shape index (κ2) is 13.7. The molecule has 6 heteroatoms. The number of hydrogen-bond donors (Lipinski definition) is 2. The fourth-order valence-corrected chi connectivity index (χ4v) is 3.30. The fraction of sp³-hybridized carbons (Fsp3) is 0.296. The first-order valence-corrected chi connectivity index (χ1v) is 11.6. The second-order valence-corrected chi connectivity index (χ2v) is 7.80. The molecule has 1 aromatic heterocycles. The van der Waals surface area contributed by atoms with Crippen LogP contribution in [0.5, 0.6) is 5.75 Å². The third-order valence-corrected chi connectivity index (χ3v) is 5.15. The van der Waals surface area contributed by atoms with E-state index in [0.717, 1.165) is 29.9 Å². The zero-order valence-corrected chi connectivity index (χ0v) is 19.2. The van der Waals surface area contributed by atoms with E-state index in [4.69, 9.17) is 4.74 Å². The molecule has 0 unspecified atom stereocenters. The van der Waals surface area contributed by atoms with Gasteiger partial charge in [-0.1, -0.05) is 75.4 Å². The highest BCUT2D eigenvalue weighted by Gasteiger charge is 2.10. The smallest absolute Gasteiger partial charge is 0.289 e. The molecule has 0 aliphatic rings. The van der Waals surface area contributed by atoms with Crippen LogP contribution >= 0.6 is 0 Å². The van der Waals surface area contributed by atoms with Crippen molar-refractivity contribution in [1.29, 1.82) is 0 Å². The Morgan fingerprint density at radius 2 is 1.79 bits per heavy atom. The summed E-state index contributed by atoms with van der Waals surface area (Å²) in [6, 6.07) is 19.3. The SMILES string of the molecule is CCCCCCCCOc1ccc(-c2cc(C(=O)N/N=C/C=C/c3ccccc3)[nH]n2)cc1. The van der Waals surface area contributed by atoms with Crippen molar-refractivity contribution in [2.24, 2.45) is 5.10 Å². The van der Waals surface area contributed by atoms with Crippen LogP contribution in [0.25, 0.3) is 17.3 Å². The van der Waals surface area contributed by atoms with Gasteiger partial charge in [-0.15, -0.1) is 0 Å². The van der Waals surface area contributed by atoms with Gasteiger partial charge in [-0.05, 0) is 48.4 Å². The average Bonchev–Trinajstić information content (AvgIpc) is 3.35. The zero-order valence-electron chi connectivity index (χ0n) is 19.2. The number of ether oxygens (including phenoxy) is 1. The minimum atomic E-state index is -0.350. The number of hydrogen-bond acceptors (Lipinski definition) is 4. The van der Waals surface area contributed by atoms with E-state index in [1.165, 1.54) is 38.3 Å². The summed E-state index contributed by atoms with van der Waals surface area (Å²) < 4.78 is 5.83. The molecule has 3 aromatic rings. The minimum Gasteiger partial charge on any atom is -0.494 e. The van der Waals surface area contributed by atoms with Crippen molar-refractivity contribution >= 4 is 18.2 Å². The van der Waals surface area contributed by atoms with Crippen molar-refractivity contribution in [3.05, 3.63) is 78.0 Å². The van der Waals surface area contributed by atoms with Gasteiger partial charge in [0.1, 0.15) is 11.4 Å². The van der Waals surface area contributed by atoms with Crippen LogP contribution in [0.3, 0.4) is 0 Å². The van der Waals surface area contributed by atoms with Gasteiger partial charge in [0.05, 0.1) is 12.3 Å². The number of H-pyrrole nitrogens is 1. The van der Waals surface area contributed by atoms with Crippen molar-refractivity contribution in [3.8, 4) is 17.0 Å². The second-order valence-electron chi connectivity index (χ2n) is 7.80. The van der Waals surface area contributed by atoms with Crippen molar-refractivity contribution < 1.29 is 9.53 Å². The molecular formula is C27H32N4O2. The summed E-state index contributed by atoms with van der Waals surface area (Å²) >= 11 is 0. The summed E-state index contributed by atoms with van der Waals surface area (Å²) in [5, 5.41) is 10.9. The van der Waals surface area contributed by atoms with Crippen molar-refractivity contribution in [2.75, 3.05) is 6.61 Å². The highest BCUT2D eigenvalue weighted by Crippen LogP contribution is 2.21. The molecule has 1 heterocycles. The fourth-order valence-electron chi connectivity index (χ4n) is 3.30. The first-order valence-electron chi connectivity index (χ1n) is 11.6. The number of unbranched alkanes of at least 4 members (excludes halogenated alkanes) is 5. The molecule has 0 spiro atoms. The first-order chi connectivity index (χ1) is 16.3. The number of benzene rings is 2. The van der Waals surface area contributed by atoms with Gasteiger partial charge in [-0.25, -0.2) is 5.43 Å². The van der Waals surface area contributed by atoms with E-state index in [9.17, 15) is 4.79 Å². The molecule has 172 valence electrons. The number of aromatic amines is 1. The lowest BCUT2D eigenvalue weighted by atomic mass is 10.1. The summed E-state index contributed by atoms with van der Waals surface area (Å²) in [5.74, 6) is 0.496. The number of nitrogens with zero attached hydrogens (tertiary/aromatic N) is 2. The predicted octanol–water partition coefficient (Wildman–Crippen LogP) is 6.25. The minimum absolute atomic E-state index is 0.345.